The lowest BCUT2D eigenvalue weighted by atomic mass is 9.94. The van der Waals surface area contributed by atoms with Crippen LogP contribution < -0.4 is 5.90 Å². The Hall–Kier alpha value is -1.35. The summed E-state index contributed by atoms with van der Waals surface area (Å²) in [6.45, 7) is 2.15. The average Bonchev–Trinajstić information content (AvgIpc) is 2.38. The highest BCUT2D eigenvalue weighted by Gasteiger charge is 2.19. The zero-order valence-electron chi connectivity index (χ0n) is 10.4. The maximum Gasteiger partial charge on any atom is 0.327 e. The molecule has 0 heterocycles. The molecule has 1 unspecified atom stereocenters. The Morgan fingerprint density at radius 3 is 2.59 bits per heavy atom. The molecule has 0 aliphatic heterocycles. The van der Waals surface area contributed by atoms with Gasteiger partial charge < -0.3 is 4.84 Å². The van der Waals surface area contributed by atoms with Gasteiger partial charge in [-0.2, -0.15) is 5.90 Å². The number of unbranched alkanes of at least 4 members (excludes halogenated alkanes) is 2. The van der Waals surface area contributed by atoms with Gasteiger partial charge in [-0.1, -0.05) is 56.5 Å². The van der Waals surface area contributed by atoms with E-state index in [9.17, 15) is 4.79 Å². The number of hydrogen-bond acceptors (Lipinski definition) is 3. The Bertz CT molecular complexity index is 324. The Labute approximate surface area is 103 Å². The highest BCUT2D eigenvalue weighted by atomic mass is 16.7. The third kappa shape index (κ3) is 5.00. The Balaban J connectivity index is 2.54. The second-order valence-corrected chi connectivity index (χ2v) is 4.32. The van der Waals surface area contributed by atoms with Crippen LogP contribution in [0.5, 0.6) is 0 Å². The molecule has 2 N–H and O–H groups in total. The smallest absolute Gasteiger partial charge is 0.327 e. The molecular formula is C14H21NO2. The van der Waals surface area contributed by atoms with Gasteiger partial charge in [0.15, 0.2) is 0 Å². The largest absolute Gasteiger partial charge is 0.373 e. The minimum Gasteiger partial charge on any atom is -0.373 e. The van der Waals surface area contributed by atoms with E-state index in [2.05, 4.69) is 11.8 Å². The number of rotatable bonds is 7. The van der Waals surface area contributed by atoms with Crippen LogP contribution in [-0.2, 0) is 16.1 Å². The number of benzene rings is 1. The van der Waals surface area contributed by atoms with Crippen molar-refractivity contribution in [1.29, 1.82) is 0 Å². The molecule has 0 bridgehead atoms. The van der Waals surface area contributed by atoms with E-state index < -0.39 is 0 Å². The number of carbonyl (C=O) groups excluding carboxylic acids is 1. The van der Waals surface area contributed by atoms with Crippen LogP contribution in [0.25, 0.3) is 0 Å². The van der Waals surface area contributed by atoms with Crippen LogP contribution >= 0.6 is 0 Å². The van der Waals surface area contributed by atoms with Crippen molar-refractivity contribution < 1.29 is 9.63 Å². The van der Waals surface area contributed by atoms with Crippen molar-refractivity contribution in [3.05, 3.63) is 35.9 Å². The molecule has 0 saturated heterocycles. The number of hydrogen-bond donors (Lipinski definition) is 1. The lowest BCUT2D eigenvalue weighted by Gasteiger charge is -2.13. The van der Waals surface area contributed by atoms with Gasteiger partial charge in [0.2, 0.25) is 0 Å². The minimum absolute atomic E-state index is 0.117. The van der Waals surface area contributed by atoms with E-state index in [1.807, 2.05) is 30.3 Å². The lowest BCUT2D eigenvalue weighted by Crippen LogP contribution is -2.22. The lowest BCUT2D eigenvalue weighted by molar-refractivity contribution is -0.149. The molecule has 0 radical (unpaired) electrons. The predicted octanol–water partition coefficient (Wildman–Crippen LogP) is 2.84. The second-order valence-electron chi connectivity index (χ2n) is 4.32. The fourth-order valence-corrected chi connectivity index (χ4v) is 1.94. The minimum atomic E-state index is -0.301. The van der Waals surface area contributed by atoms with E-state index in [-0.39, 0.29) is 11.9 Å². The summed E-state index contributed by atoms with van der Waals surface area (Å²) in [6, 6.07) is 9.97. The summed E-state index contributed by atoms with van der Waals surface area (Å²) >= 11 is 0. The van der Waals surface area contributed by atoms with Gasteiger partial charge in [-0.25, -0.2) is 0 Å². The first kappa shape index (κ1) is 13.7. The molecule has 0 saturated carbocycles. The molecule has 17 heavy (non-hydrogen) atoms. The van der Waals surface area contributed by atoms with E-state index in [1.165, 1.54) is 0 Å². The van der Waals surface area contributed by atoms with E-state index >= 15 is 0 Å². The van der Waals surface area contributed by atoms with Crippen molar-refractivity contribution >= 4 is 5.97 Å². The van der Waals surface area contributed by atoms with Gasteiger partial charge in [0.1, 0.15) is 0 Å². The van der Waals surface area contributed by atoms with E-state index in [1.54, 1.807) is 0 Å². The quantitative estimate of drug-likeness (QED) is 0.584. The van der Waals surface area contributed by atoms with Crippen molar-refractivity contribution in [3.63, 3.8) is 0 Å². The normalized spacial score (nSPS) is 12.1. The van der Waals surface area contributed by atoms with Crippen LogP contribution in [0.3, 0.4) is 0 Å². The molecule has 3 heteroatoms. The average molecular weight is 235 g/mol. The van der Waals surface area contributed by atoms with Crippen molar-refractivity contribution in [1.82, 2.24) is 0 Å². The van der Waals surface area contributed by atoms with Gasteiger partial charge in [0, 0.05) is 0 Å². The summed E-state index contributed by atoms with van der Waals surface area (Å²) in [5.41, 5.74) is 1.15. The van der Waals surface area contributed by atoms with Crippen molar-refractivity contribution in [2.24, 2.45) is 11.8 Å². The highest BCUT2D eigenvalue weighted by Crippen LogP contribution is 2.17. The van der Waals surface area contributed by atoms with E-state index in [0.717, 1.165) is 31.2 Å². The van der Waals surface area contributed by atoms with Gasteiger partial charge in [-0.05, 0) is 18.4 Å². The van der Waals surface area contributed by atoms with Gasteiger partial charge in [-0.3, -0.25) is 4.79 Å². The van der Waals surface area contributed by atoms with E-state index in [4.69, 9.17) is 5.90 Å². The molecule has 1 atom stereocenters. The standard InChI is InChI=1S/C14H21NO2/c1-2-3-5-10-13(14(16)17-15)11-12-8-6-4-7-9-12/h4,6-9,13H,2-3,5,10-11,15H2,1H3. The van der Waals surface area contributed by atoms with Crippen LogP contribution in [0.15, 0.2) is 30.3 Å². The molecular weight excluding hydrogens is 214 g/mol. The molecule has 1 aromatic rings. The van der Waals surface area contributed by atoms with Gasteiger partial charge in [-0.15, -0.1) is 0 Å². The van der Waals surface area contributed by atoms with Crippen LogP contribution in [0, 0.1) is 5.92 Å². The van der Waals surface area contributed by atoms with Crippen molar-refractivity contribution in [3.8, 4) is 0 Å². The molecule has 0 aromatic heterocycles. The molecule has 0 amide bonds. The van der Waals surface area contributed by atoms with Crippen molar-refractivity contribution in [2.75, 3.05) is 0 Å². The molecule has 94 valence electrons. The highest BCUT2D eigenvalue weighted by molar-refractivity contribution is 5.72. The molecule has 0 fully saturated rings. The fourth-order valence-electron chi connectivity index (χ4n) is 1.94. The molecule has 1 rings (SSSR count). The first-order valence-electron chi connectivity index (χ1n) is 6.22. The second kappa shape index (κ2) is 7.85. The monoisotopic (exact) mass is 235 g/mol. The van der Waals surface area contributed by atoms with Gasteiger partial charge in [0.25, 0.3) is 0 Å². The third-order valence-corrected chi connectivity index (χ3v) is 2.93. The van der Waals surface area contributed by atoms with Gasteiger partial charge >= 0.3 is 5.97 Å². The topological polar surface area (TPSA) is 52.3 Å². The summed E-state index contributed by atoms with van der Waals surface area (Å²) in [6.07, 6.45) is 4.89. The summed E-state index contributed by atoms with van der Waals surface area (Å²) in [7, 11) is 0. The zero-order valence-corrected chi connectivity index (χ0v) is 10.4. The van der Waals surface area contributed by atoms with Crippen LogP contribution in [0.2, 0.25) is 0 Å². The summed E-state index contributed by atoms with van der Waals surface area (Å²) in [4.78, 5) is 15.9. The molecule has 3 nitrogen and oxygen atoms in total. The molecule has 1 aromatic carbocycles. The third-order valence-electron chi connectivity index (χ3n) is 2.93. The first-order chi connectivity index (χ1) is 8.27. The molecule has 0 aliphatic rings. The number of carbonyl (C=O) groups is 1. The van der Waals surface area contributed by atoms with Crippen LogP contribution in [0.4, 0.5) is 0 Å². The van der Waals surface area contributed by atoms with Crippen LogP contribution in [0.1, 0.15) is 38.2 Å². The Kier molecular flexibility index (Phi) is 6.33. The summed E-state index contributed by atoms with van der Waals surface area (Å²) in [5, 5.41) is 0. The Morgan fingerprint density at radius 2 is 2.00 bits per heavy atom. The van der Waals surface area contributed by atoms with Crippen molar-refractivity contribution in [2.45, 2.75) is 39.0 Å². The number of nitrogens with two attached hydrogens (primary N) is 1. The maximum absolute atomic E-state index is 11.6. The Morgan fingerprint density at radius 1 is 1.29 bits per heavy atom. The summed E-state index contributed by atoms with van der Waals surface area (Å²) in [5.74, 6) is 4.56. The summed E-state index contributed by atoms with van der Waals surface area (Å²) < 4.78 is 0. The molecule has 0 spiro atoms. The van der Waals surface area contributed by atoms with Gasteiger partial charge in [0.05, 0.1) is 5.92 Å². The maximum atomic E-state index is 11.6. The van der Waals surface area contributed by atoms with Crippen LogP contribution in [-0.4, -0.2) is 5.97 Å². The van der Waals surface area contributed by atoms with E-state index in [0.29, 0.717) is 6.42 Å². The molecule has 0 aliphatic carbocycles. The fraction of sp³-hybridized carbons (Fsp3) is 0.500. The SMILES string of the molecule is CCCCCC(Cc1ccccc1)C(=O)ON. The zero-order chi connectivity index (χ0) is 12.5. The predicted molar refractivity (Wildman–Crippen MR) is 68.1 cm³/mol. The first-order valence-corrected chi connectivity index (χ1v) is 6.22.